The summed E-state index contributed by atoms with van der Waals surface area (Å²) in [6.07, 6.45) is 4.76. The molecule has 1 aliphatic heterocycles. The monoisotopic (exact) mass is 337 g/mol. The molecule has 132 valence electrons. The molecule has 2 aromatic carbocycles. The zero-order valence-corrected chi connectivity index (χ0v) is 15.1. The SMILES string of the molecule is COc1ccc2c(c1OC)CC(c1ccccc1)CC2C1CCCN1. The Morgan fingerprint density at radius 3 is 2.52 bits per heavy atom. The van der Waals surface area contributed by atoms with E-state index in [1.54, 1.807) is 14.2 Å². The van der Waals surface area contributed by atoms with Gasteiger partial charge in [-0.15, -0.1) is 0 Å². The zero-order chi connectivity index (χ0) is 17.2. The Kier molecular flexibility index (Phi) is 4.67. The third kappa shape index (κ3) is 3.02. The standard InChI is InChI=1S/C22H27NO2/c1-24-21-11-10-17-18(20-9-6-12-23-20)13-16(14-19(17)22(21)25-2)15-7-4-3-5-8-15/h3-5,7-8,10-11,16,18,20,23H,6,9,12-14H2,1-2H3. The number of nitrogens with one attached hydrogen (secondary N) is 1. The Morgan fingerprint density at radius 2 is 1.84 bits per heavy atom. The van der Waals surface area contributed by atoms with Gasteiger partial charge < -0.3 is 14.8 Å². The molecule has 25 heavy (non-hydrogen) atoms. The van der Waals surface area contributed by atoms with Crippen LogP contribution in [0.5, 0.6) is 11.5 Å². The van der Waals surface area contributed by atoms with E-state index in [-0.39, 0.29) is 0 Å². The van der Waals surface area contributed by atoms with E-state index >= 15 is 0 Å². The van der Waals surface area contributed by atoms with Gasteiger partial charge >= 0.3 is 0 Å². The Morgan fingerprint density at radius 1 is 1.00 bits per heavy atom. The Hall–Kier alpha value is -2.00. The molecular formula is C22H27NO2. The van der Waals surface area contributed by atoms with Crippen LogP contribution < -0.4 is 14.8 Å². The molecule has 0 saturated carbocycles. The summed E-state index contributed by atoms with van der Waals surface area (Å²) in [6, 6.07) is 15.8. The highest BCUT2D eigenvalue weighted by molar-refractivity contribution is 5.54. The van der Waals surface area contributed by atoms with Gasteiger partial charge in [-0.05, 0) is 55.3 Å². The first-order valence-electron chi connectivity index (χ1n) is 9.34. The topological polar surface area (TPSA) is 30.5 Å². The summed E-state index contributed by atoms with van der Waals surface area (Å²) in [6.45, 7) is 1.14. The van der Waals surface area contributed by atoms with Crippen molar-refractivity contribution >= 4 is 0 Å². The van der Waals surface area contributed by atoms with Crippen LogP contribution >= 0.6 is 0 Å². The van der Waals surface area contributed by atoms with Gasteiger partial charge in [0.2, 0.25) is 0 Å². The highest BCUT2D eigenvalue weighted by atomic mass is 16.5. The summed E-state index contributed by atoms with van der Waals surface area (Å²) >= 11 is 0. The highest BCUT2D eigenvalue weighted by Crippen LogP contribution is 2.48. The van der Waals surface area contributed by atoms with Crippen LogP contribution in [0, 0.1) is 0 Å². The van der Waals surface area contributed by atoms with E-state index in [9.17, 15) is 0 Å². The largest absolute Gasteiger partial charge is 0.493 e. The van der Waals surface area contributed by atoms with Crippen molar-refractivity contribution in [3.8, 4) is 11.5 Å². The van der Waals surface area contributed by atoms with Gasteiger partial charge in [0.1, 0.15) is 0 Å². The third-order valence-electron chi connectivity index (χ3n) is 5.93. The van der Waals surface area contributed by atoms with Crippen LogP contribution in [0.2, 0.25) is 0 Å². The molecule has 3 unspecified atom stereocenters. The second-order valence-electron chi connectivity index (χ2n) is 7.23. The van der Waals surface area contributed by atoms with Crippen molar-refractivity contribution in [3.05, 3.63) is 59.2 Å². The van der Waals surface area contributed by atoms with E-state index in [1.807, 2.05) is 0 Å². The molecule has 1 saturated heterocycles. The van der Waals surface area contributed by atoms with Gasteiger partial charge in [-0.2, -0.15) is 0 Å². The lowest BCUT2D eigenvalue weighted by Gasteiger charge is -2.36. The van der Waals surface area contributed by atoms with Crippen molar-refractivity contribution in [3.63, 3.8) is 0 Å². The molecule has 3 heteroatoms. The van der Waals surface area contributed by atoms with Crippen LogP contribution in [0.15, 0.2) is 42.5 Å². The number of fused-ring (bicyclic) bond motifs is 1. The van der Waals surface area contributed by atoms with Gasteiger partial charge in [-0.1, -0.05) is 36.4 Å². The zero-order valence-electron chi connectivity index (χ0n) is 15.1. The molecule has 0 aromatic heterocycles. The van der Waals surface area contributed by atoms with E-state index in [4.69, 9.17) is 9.47 Å². The lowest BCUT2D eigenvalue weighted by atomic mass is 9.71. The van der Waals surface area contributed by atoms with Crippen LogP contribution in [0.25, 0.3) is 0 Å². The Labute approximate surface area is 150 Å². The van der Waals surface area contributed by atoms with E-state index < -0.39 is 0 Å². The third-order valence-corrected chi connectivity index (χ3v) is 5.93. The van der Waals surface area contributed by atoms with Gasteiger partial charge in [0.05, 0.1) is 14.2 Å². The molecule has 1 heterocycles. The summed E-state index contributed by atoms with van der Waals surface area (Å²) in [7, 11) is 3.48. The number of methoxy groups -OCH3 is 2. The fraction of sp³-hybridized carbons (Fsp3) is 0.455. The molecule has 1 aliphatic carbocycles. The smallest absolute Gasteiger partial charge is 0.164 e. The van der Waals surface area contributed by atoms with Crippen molar-refractivity contribution in [1.82, 2.24) is 5.32 Å². The summed E-state index contributed by atoms with van der Waals surface area (Å²) in [5, 5.41) is 3.73. The van der Waals surface area contributed by atoms with E-state index in [2.05, 4.69) is 47.8 Å². The van der Waals surface area contributed by atoms with Gasteiger partial charge in [-0.3, -0.25) is 0 Å². The fourth-order valence-electron chi connectivity index (χ4n) is 4.74. The second kappa shape index (κ2) is 7.09. The van der Waals surface area contributed by atoms with E-state index in [0.717, 1.165) is 24.5 Å². The van der Waals surface area contributed by atoms with Gasteiger partial charge in [-0.25, -0.2) is 0 Å². The lowest BCUT2D eigenvalue weighted by Crippen LogP contribution is -2.33. The summed E-state index contributed by atoms with van der Waals surface area (Å²) in [5.41, 5.74) is 4.21. The van der Waals surface area contributed by atoms with Crippen LogP contribution in [-0.4, -0.2) is 26.8 Å². The highest BCUT2D eigenvalue weighted by Gasteiger charge is 2.36. The van der Waals surface area contributed by atoms with Crippen LogP contribution in [0.3, 0.4) is 0 Å². The van der Waals surface area contributed by atoms with Crippen LogP contribution in [0.4, 0.5) is 0 Å². The predicted molar refractivity (Wildman–Crippen MR) is 101 cm³/mol. The minimum atomic E-state index is 0.530. The molecule has 0 amide bonds. The second-order valence-corrected chi connectivity index (χ2v) is 7.23. The summed E-state index contributed by atoms with van der Waals surface area (Å²) in [5.74, 6) is 2.83. The van der Waals surface area contributed by atoms with Crippen molar-refractivity contribution in [2.45, 2.75) is 43.6 Å². The van der Waals surface area contributed by atoms with Crippen molar-refractivity contribution in [2.75, 3.05) is 20.8 Å². The average Bonchev–Trinajstić information content (AvgIpc) is 3.21. The molecular weight excluding hydrogens is 310 g/mol. The quantitative estimate of drug-likeness (QED) is 0.904. The Balaban J connectivity index is 1.79. The molecule has 0 radical (unpaired) electrons. The first-order chi connectivity index (χ1) is 12.3. The van der Waals surface area contributed by atoms with Gasteiger partial charge in [0.15, 0.2) is 11.5 Å². The average molecular weight is 337 g/mol. The summed E-state index contributed by atoms with van der Waals surface area (Å²) in [4.78, 5) is 0. The number of hydrogen-bond donors (Lipinski definition) is 1. The minimum absolute atomic E-state index is 0.530. The van der Waals surface area contributed by atoms with E-state index in [1.165, 1.54) is 36.0 Å². The van der Waals surface area contributed by atoms with Gasteiger partial charge in [0.25, 0.3) is 0 Å². The number of ether oxygens (including phenoxy) is 2. The molecule has 4 rings (SSSR count). The molecule has 2 aliphatic rings. The maximum atomic E-state index is 5.78. The normalized spacial score (nSPS) is 25.4. The van der Waals surface area contributed by atoms with Gasteiger partial charge in [0, 0.05) is 17.5 Å². The number of rotatable bonds is 4. The maximum absolute atomic E-state index is 5.78. The first kappa shape index (κ1) is 16.5. The van der Waals surface area contributed by atoms with Crippen molar-refractivity contribution in [1.29, 1.82) is 0 Å². The van der Waals surface area contributed by atoms with Crippen LogP contribution in [-0.2, 0) is 6.42 Å². The predicted octanol–water partition coefficient (Wildman–Crippen LogP) is 4.27. The molecule has 1 fully saturated rings. The molecule has 0 bridgehead atoms. The molecule has 2 aromatic rings. The fourth-order valence-corrected chi connectivity index (χ4v) is 4.74. The number of benzene rings is 2. The van der Waals surface area contributed by atoms with Crippen LogP contribution in [0.1, 0.15) is 47.8 Å². The lowest BCUT2D eigenvalue weighted by molar-refractivity contribution is 0.340. The molecule has 3 nitrogen and oxygen atoms in total. The molecule has 3 atom stereocenters. The Bertz CT molecular complexity index is 722. The molecule has 1 N–H and O–H groups in total. The van der Waals surface area contributed by atoms with E-state index in [0.29, 0.717) is 17.9 Å². The maximum Gasteiger partial charge on any atom is 0.164 e. The van der Waals surface area contributed by atoms with Crippen molar-refractivity contribution < 1.29 is 9.47 Å². The number of hydrogen-bond acceptors (Lipinski definition) is 3. The summed E-state index contributed by atoms with van der Waals surface area (Å²) < 4.78 is 11.3. The van der Waals surface area contributed by atoms with Crippen molar-refractivity contribution in [2.24, 2.45) is 0 Å². The molecule has 0 spiro atoms. The minimum Gasteiger partial charge on any atom is -0.493 e. The first-order valence-corrected chi connectivity index (χ1v) is 9.34.